The molecule has 1 aliphatic heterocycles. The fraction of sp³-hybridized carbons (Fsp3) is 0.481. The molecule has 3 atom stereocenters. The molecule has 0 spiro atoms. The Labute approximate surface area is 216 Å². The number of amides is 2. The van der Waals surface area contributed by atoms with Gasteiger partial charge in [-0.3, -0.25) is 9.59 Å². The van der Waals surface area contributed by atoms with Gasteiger partial charge in [-0.05, 0) is 62.1 Å². The van der Waals surface area contributed by atoms with E-state index < -0.39 is 6.04 Å². The number of thiol groups is 1. The molecule has 2 fully saturated rings. The lowest BCUT2D eigenvalue weighted by atomic mass is 10.0. The molecule has 1 saturated heterocycles. The largest absolute Gasteiger partial charge is 0.338 e. The fourth-order valence-corrected chi connectivity index (χ4v) is 5.21. The zero-order valence-corrected chi connectivity index (χ0v) is 21.6. The van der Waals surface area contributed by atoms with Crippen LogP contribution >= 0.6 is 0 Å². The van der Waals surface area contributed by atoms with Crippen LogP contribution in [-0.2, 0) is 16.6 Å². The minimum absolute atomic E-state index is 0.0176. The molecule has 1 aliphatic carbocycles. The van der Waals surface area contributed by atoms with Crippen LogP contribution in [0, 0.1) is 5.82 Å². The predicted octanol–water partition coefficient (Wildman–Crippen LogP) is 2.59. The number of rotatable bonds is 11. The highest BCUT2D eigenvalue weighted by Gasteiger charge is 2.37. The van der Waals surface area contributed by atoms with Gasteiger partial charge >= 0.3 is 0 Å². The smallest absolute Gasteiger partial charge is 0.254 e. The predicted molar refractivity (Wildman–Crippen MR) is 139 cm³/mol. The van der Waals surface area contributed by atoms with Crippen molar-refractivity contribution in [2.75, 3.05) is 39.8 Å². The van der Waals surface area contributed by atoms with Gasteiger partial charge < -0.3 is 15.1 Å². The Kier molecular flexibility index (Phi) is 9.23. The van der Waals surface area contributed by atoms with Gasteiger partial charge in [-0.15, -0.1) is 0 Å². The minimum Gasteiger partial charge on any atom is -0.338 e. The molecule has 1 heterocycles. The van der Waals surface area contributed by atoms with Crippen molar-refractivity contribution in [2.45, 2.75) is 43.7 Å². The van der Waals surface area contributed by atoms with E-state index in [4.69, 9.17) is 0 Å². The highest BCUT2D eigenvalue weighted by molar-refractivity contribution is 7.63. The van der Waals surface area contributed by atoms with Gasteiger partial charge in [0.1, 0.15) is 11.9 Å². The molecule has 2 aromatic rings. The third-order valence-corrected chi connectivity index (χ3v) is 7.81. The summed E-state index contributed by atoms with van der Waals surface area (Å²) in [7, 11) is 1.71. The van der Waals surface area contributed by atoms with Crippen LogP contribution in [0.25, 0.3) is 0 Å². The number of hydrogen-bond donors (Lipinski definition) is 2. The number of nitrogens with zero attached hydrogens (tertiary/aromatic N) is 3. The molecule has 0 aromatic heterocycles. The van der Waals surface area contributed by atoms with Crippen LogP contribution in [0.1, 0.15) is 47.5 Å². The molecule has 0 unspecified atom stereocenters. The molecule has 4 rings (SSSR count). The number of piperazine rings is 1. The van der Waals surface area contributed by atoms with Crippen molar-refractivity contribution in [3.05, 3.63) is 71.5 Å². The average Bonchev–Trinajstić information content (AvgIpc) is 3.70. The second-order valence-corrected chi connectivity index (χ2v) is 10.3. The van der Waals surface area contributed by atoms with Crippen LogP contribution in [0.3, 0.4) is 0 Å². The Morgan fingerprint density at radius 3 is 2.42 bits per heavy atom. The van der Waals surface area contributed by atoms with Crippen molar-refractivity contribution in [2.24, 2.45) is 0 Å². The zero-order chi connectivity index (χ0) is 25.5. The molecule has 36 heavy (non-hydrogen) atoms. The lowest BCUT2D eigenvalue weighted by Crippen LogP contribution is -2.54. The van der Waals surface area contributed by atoms with Gasteiger partial charge in [0.15, 0.2) is 0 Å². The first-order chi connectivity index (χ1) is 17.5. The van der Waals surface area contributed by atoms with Gasteiger partial charge in [0.25, 0.3) is 5.91 Å². The van der Waals surface area contributed by atoms with E-state index in [0.717, 1.165) is 31.4 Å². The van der Waals surface area contributed by atoms with Crippen molar-refractivity contribution in [3.63, 3.8) is 0 Å². The average molecular weight is 515 g/mol. The number of hydrogen-bond acceptors (Lipinski definition) is 4. The fourth-order valence-electron chi connectivity index (χ4n) is 4.87. The highest BCUT2D eigenvalue weighted by atomic mass is 32.2. The van der Waals surface area contributed by atoms with E-state index in [2.05, 4.69) is 5.32 Å². The Bertz CT molecular complexity index is 1030. The summed E-state index contributed by atoms with van der Waals surface area (Å²) in [6.07, 6.45) is 3.34. The molecule has 2 aromatic carbocycles. The van der Waals surface area contributed by atoms with Gasteiger partial charge in [-0.2, -0.15) is 0 Å². The summed E-state index contributed by atoms with van der Waals surface area (Å²) in [5.74, 6) is 0.0109. The molecule has 1 N–H and O–H groups in total. The highest BCUT2D eigenvalue weighted by Crippen LogP contribution is 2.40. The lowest BCUT2D eigenvalue weighted by molar-refractivity contribution is -0.137. The quantitative estimate of drug-likeness (QED) is 0.357. The SMILES string of the molecule is CN(C(=O)c1ccccc1)[C@@H](CCCCN[C@@H]1C[C@H]1c1ccc(F)cc1)C(=O)N1CCN([SH]=O)CC1. The molecule has 0 bridgehead atoms. The Hall–Kier alpha value is -2.62. The van der Waals surface area contributed by atoms with E-state index in [1.165, 1.54) is 12.1 Å². The maximum Gasteiger partial charge on any atom is 0.254 e. The molecule has 7 nitrogen and oxygen atoms in total. The standard InChI is InChI=1S/C27H35FN4O3S/c1-30(26(33)21-7-3-2-4-8-21)25(27(34)31-15-17-32(36-35)18-16-31)9-5-6-14-29-24-19-23(24)20-10-12-22(28)13-11-20/h2-4,7-8,10-13,23-25,29,36H,5-6,9,14-19H2,1H3/t23-,24+,25-/m0/s1. The third-order valence-electron chi connectivity index (χ3n) is 7.18. The molecule has 1 saturated carbocycles. The number of unbranched alkanes of at least 4 members (excludes halogenated alkanes) is 1. The van der Waals surface area contributed by atoms with Crippen molar-refractivity contribution < 1.29 is 18.2 Å². The van der Waals surface area contributed by atoms with Crippen molar-refractivity contribution in [1.82, 2.24) is 19.4 Å². The molecule has 2 amide bonds. The van der Waals surface area contributed by atoms with Gasteiger partial charge in [0.2, 0.25) is 5.91 Å². The van der Waals surface area contributed by atoms with E-state index >= 15 is 0 Å². The molecule has 0 radical (unpaired) electrons. The van der Waals surface area contributed by atoms with Crippen molar-refractivity contribution in [1.29, 1.82) is 0 Å². The minimum atomic E-state index is -0.540. The number of halogens is 1. The monoisotopic (exact) mass is 514 g/mol. The van der Waals surface area contributed by atoms with E-state index in [0.29, 0.717) is 50.1 Å². The van der Waals surface area contributed by atoms with Crippen molar-refractivity contribution in [3.8, 4) is 0 Å². The normalized spacial score (nSPS) is 20.7. The summed E-state index contributed by atoms with van der Waals surface area (Å²) in [6, 6.07) is 15.6. The third kappa shape index (κ3) is 6.78. The molecular weight excluding hydrogens is 479 g/mol. The van der Waals surface area contributed by atoms with E-state index in [-0.39, 0.29) is 29.5 Å². The summed E-state index contributed by atoms with van der Waals surface area (Å²) < 4.78 is 26.1. The van der Waals surface area contributed by atoms with Crippen LogP contribution < -0.4 is 5.32 Å². The zero-order valence-electron chi connectivity index (χ0n) is 20.7. The van der Waals surface area contributed by atoms with Crippen LogP contribution in [0.5, 0.6) is 0 Å². The number of benzene rings is 2. The molecule has 194 valence electrons. The van der Waals surface area contributed by atoms with Crippen LogP contribution in [0.15, 0.2) is 54.6 Å². The number of nitrogens with one attached hydrogen (secondary N) is 1. The topological polar surface area (TPSA) is 73.0 Å². The van der Waals surface area contributed by atoms with Gasteiger partial charge in [-0.25, -0.2) is 12.9 Å². The first-order valence-corrected chi connectivity index (χ1v) is 13.4. The van der Waals surface area contributed by atoms with Crippen LogP contribution in [0.4, 0.5) is 4.39 Å². The van der Waals surface area contributed by atoms with E-state index in [1.807, 2.05) is 30.3 Å². The molecular formula is C27H35FN4O3S. The van der Waals surface area contributed by atoms with Crippen LogP contribution in [-0.4, -0.2) is 82.0 Å². The number of carbonyl (C=O) groups excluding carboxylic acids is 2. The summed E-state index contributed by atoms with van der Waals surface area (Å²) in [5.41, 5.74) is 1.73. The number of likely N-dealkylation sites (N-methyl/N-ethyl adjacent to an activating group) is 1. The Morgan fingerprint density at radius 2 is 1.75 bits per heavy atom. The maximum atomic E-state index is 13.5. The van der Waals surface area contributed by atoms with E-state index in [1.54, 1.807) is 33.3 Å². The summed E-state index contributed by atoms with van der Waals surface area (Å²) in [6.45, 7) is 2.96. The summed E-state index contributed by atoms with van der Waals surface area (Å²) >= 11 is -0.0176. The first kappa shape index (κ1) is 26.4. The number of carbonyl (C=O) groups is 2. The Morgan fingerprint density at radius 1 is 1.06 bits per heavy atom. The van der Waals surface area contributed by atoms with E-state index in [9.17, 15) is 18.2 Å². The second-order valence-electron chi connectivity index (χ2n) is 9.61. The van der Waals surface area contributed by atoms with Crippen LogP contribution in [0.2, 0.25) is 0 Å². The second kappa shape index (κ2) is 12.6. The van der Waals surface area contributed by atoms with Crippen molar-refractivity contribution >= 4 is 23.7 Å². The van der Waals surface area contributed by atoms with Gasteiger partial charge in [-0.1, -0.05) is 30.3 Å². The van der Waals surface area contributed by atoms with Gasteiger partial charge in [0.05, 0.1) is 11.9 Å². The Balaban J connectivity index is 1.29. The maximum absolute atomic E-state index is 13.5. The van der Waals surface area contributed by atoms with Gasteiger partial charge in [0, 0.05) is 50.7 Å². The molecule has 9 heteroatoms. The summed E-state index contributed by atoms with van der Waals surface area (Å²) in [4.78, 5) is 30.0. The lowest BCUT2D eigenvalue weighted by Gasteiger charge is -2.36. The summed E-state index contributed by atoms with van der Waals surface area (Å²) in [5, 5.41) is 3.57. The molecule has 2 aliphatic rings. The first-order valence-electron chi connectivity index (χ1n) is 12.7.